The van der Waals surface area contributed by atoms with Crippen molar-refractivity contribution < 1.29 is 9.15 Å². The highest BCUT2D eigenvalue weighted by Gasteiger charge is 2.52. The average molecular weight is 309 g/mol. The molecule has 5 heteroatoms. The molecule has 6 rings (SSSR count). The maximum atomic E-state index is 6.34. The van der Waals surface area contributed by atoms with Crippen LogP contribution < -0.4 is 10.5 Å². The van der Waals surface area contributed by atoms with E-state index in [0.29, 0.717) is 12.5 Å². The zero-order valence-corrected chi connectivity index (χ0v) is 12.9. The van der Waals surface area contributed by atoms with Crippen LogP contribution in [-0.2, 0) is 13.0 Å². The van der Waals surface area contributed by atoms with Gasteiger partial charge in [-0.1, -0.05) is 12.1 Å². The molecule has 0 radical (unpaired) electrons. The number of nitrogens with two attached hydrogens (primary N) is 1. The Balaban J connectivity index is 1.50. The molecule has 1 saturated heterocycles. The van der Waals surface area contributed by atoms with Gasteiger partial charge in [0.1, 0.15) is 17.6 Å². The molecule has 5 nitrogen and oxygen atoms in total. The largest absolute Gasteiger partial charge is 0.468 e. The minimum atomic E-state index is -0.154. The van der Waals surface area contributed by atoms with Crippen molar-refractivity contribution in [1.82, 2.24) is 9.88 Å². The Hall–Kier alpha value is -2.27. The number of aromatic nitrogens is 1. The van der Waals surface area contributed by atoms with E-state index in [4.69, 9.17) is 14.9 Å². The molecule has 1 unspecified atom stereocenters. The van der Waals surface area contributed by atoms with Crippen LogP contribution in [0.15, 0.2) is 41.2 Å². The summed E-state index contributed by atoms with van der Waals surface area (Å²) in [7, 11) is 0. The van der Waals surface area contributed by atoms with Crippen LogP contribution >= 0.6 is 0 Å². The van der Waals surface area contributed by atoms with Gasteiger partial charge in [-0.3, -0.25) is 0 Å². The Morgan fingerprint density at radius 1 is 1.43 bits per heavy atom. The van der Waals surface area contributed by atoms with Gasteiger partial charge in [-0.25, -0.2) is 4.98 Å². The first-order valence-corrected chi connectivity index (χ1v) is 8.15. The van der Waals surface area contributed by atoms with Crippen LogP contribution in [-0.4, -0.2) is 28.6 Å². The molecule has 2 bridgehead atoms. The minimum Gasteiger partial charge on any atom is -0.468 e. The number of furan rings is 1. The first kappa shape index (κ1) is 13.2. The summed E-state index contributed by atoms with van der Waals surface area (Å²) in [6.07, 6.45) is 8.04. The van der Waals surface area contributed by atoms with Crippen molar-refractivity contribution in [2.24, 2.45) is 11.7 Å². The van der Waals surface area contributed by atoms with Gasteiger partial charge in [0.2, 0.25) is 5.88 Å². The molecule has 1 spiro atoms. The van der Waals surface area contributed by atoms with Crippen LogP contribution in [0.25, 0.3) is 5.70 Å². The summed E-state index contributed by atoms with van der Waals surface area (Å²) in [4.78, 5) is 6.81. The summed E-state index contributed by atoms with van der Waals surface area (Å²) in [5.41, 5.74) is 9.11. The summed E-state index contributed by atoms with van der Waals surface area (Å²) in [6.45, 7) is 2.41. The van der Waals surface area contributed by atoms with Gasteiger partial charge in [0, 0.05) is 41.9 Å². The fourth-order valence-corrected chi connectivity index (χ4v) is 4.21. The summed E-state index contributed by atoms with van der Waals surface area (Å²) in [5, 5.41) is 0. The molecule has 0 aliphatic carbocycles. The van der Waals surface area contributed by atoms with E-state index in [1.807, 2.05) is 18.4 Å². The fourth-order valence-electron chi connectivity index (χ4n) is 4.21. The highest BCUT2D eigenvalue weighted by atomic mass is 16.5. The summed E-state index contributed by atoms with van der Waals surface area (Å²) in [5.74, 6) is 2.05. The van der Waals surface area contributed by atoms with Gasteiger partial charge in [-0.2, -0.15) is 0 Å². The Morgan fingerprint density at radius 3 is 3.13 bits per heavy atom. The molecule has 2 N–H and O–H groups in total. The standard InChI is InChI=1S/C18H19N3O2/c19-9-15-6-13(10-22-15)16-7-14-3-5-21(16)11-18(14)8-12-2-1-4-20-17(12)23-18/h1-2,4,6-7,10,14H,3,5,8-9,11,19H2/t14?,18-/m0/s1. The third kappa shape index (κ3) is 1.86. The van der Waals surface area contributed by atoms with Crippen molar-refractivity contribution in [3.8, 4) is 5.88 Å². The van der Waals surface area contributed by atoms with Gasteiger partial charge in [0.15, 0.2) is 0 Å². The fraction of sp³-hybridized carbons (Fsp3) is 0.389. The molecule has 0 amide bonds. The molecule has 2 aromatic rings. The lowest BCUT2D eigenvalue weighted by molar-refractivity contribution is -0.0176. The van der Waals surface area contributed by atoms with Crippen LogP contribution in [0, 0.1) is 5.92 Å². The molecule has 4 aliphatic rings. The van der Waals surface area contributed by atoms with Gasteiger partial charge in [0.05, 0.1) is 13.1 Å². The molecule has 6 heterocycles. The SMILES string of the molecule is NCc1cc(C2=CC3CCN2C[C@@]32Cc3cccnc3O2)co1. The predicted octanol–water partition coefficient (Wildman–Crippen LogP) is 2.18. The van der Waals surface area contributed by atoms with Gasteiger partial charge in [0.25, 0.3) is 0 Å². The third-order valence-electron chi connectivity index (χ3n) is 5.33. The molecule has 118 valence electrons. The van der Waals surface area contributed by atoms with Crippen LogP contribution in [0.4, 0.5) is 0 Å². The topological polar surface area (TPSA) is 64.5 Å². The van der Waals surface area contributed by atoms with Gasteiger partial charge >= 0.3 is 0 Å². The number of fused-ring (bicyclic) bond motifs is 2. The van der Waals surface area contributed by atoms with E-state index in [9.17, 15) is 0 Å². The van der Waals surface area contributed by atoms with Crippen molar-refractivity contribution in [2.45, 2.75) is 25.0 Å². The maximum absolute atomic E-state index is 6.34. The zero-order valence-electron chi connectivity index (χ0n) is 12.9. The number of hydrogen-bond donors (Lipinski definition) is 1. The molecular formula is C18H19N3O2. The second-order valence-electron chi connectivity index (χ2n) is 6.69. The monoisotopic (exact) mass is 309 g/mol. The average Bonchev–Trinajstić information content (AvgIpc) is 3.19. The Morgan fingerprint density at radius 2 is 2.39 bits per heavy atom. The number of ether oxygens (including phenoxy) is 1. The van der Waals surface area contributed by atoms with Gasteiger partial charge in [-0.15, -0.1) is 0 Å². The molecule has 2 aromatic heterocycles. The van der Waals surface area contributed by atoms with Crippen LogP contribution in [0.3, 0.4) is 0 Å². The molecular weight excluding hydrogens is 290 g/mol. The smallest absolute Gasteiger partial charge is 0.217 e. The maximum Gasteiger partial charge on any atom is 0.217 e. The number of pyridine rings is 1. The van der Waals surface area contributed by atoms with E-state index in [-0.39, 0.29) is 5.60 Å². The highest BCUT2D eigenvalue weighted by Crippen LogP contribution is 2.48. The van der Waals surface area contributed by atoms with E-state index in [1.54, 1.807) is 6.20 Å². The lowest BCUT2D eigenvalue weighted by atomic mass is 9.74. The summed E-state index contributed by atoms with van der Waals surface area (Å²) in [6, 6.07) is 6.16. The van der Waals surface area contributed by atoms with E-state index < -0.39 is 0 Å². The molecule has 2 atom stereocenters. The lowest BCUT2D eigenvalue weighted by Gasteiger charge is -2.50. The van der Waals surface area contributed by atoms with Crippen molar-refractivity contribution in [2.75, 3.05) is 13.1 Å². The van der Waals surface area contributed by atoms with Crippen molar-refractivity contribution in [1.29, 1.82) is 0 Å². The van der Waals surface area contributed by atoms with Crippen LogP contribution in [0.5, 0.6) is 5.88 Å². The molecule has 0 aromatic carbocycles. The summed E-state index contributed by atoms with van der Waals surface area (Å²) >= 11 is 0. The quantitative estimate of drug-likeness (QED) is 0.921. The molecule has 0 saturated carbocycles. The highest BCUT2D eigenvalue weighted by molar-refractivity contribution is 5.66. The molecule has 1 fully saturated rings. The van der Waals surface area contributed by atoms with Gasteiger partial charge < -0.3 is 19.8 Å². The minimum absolute atomic E-state index is 0.154. The van der Waals surface area contributed by atoms with E-state index in [0.717, 1.165) is 43.1 Å². The van der Waals surface area contributed by atoms with Crippen LogP contribution in [0.1, 0.15) is 23.3 Å². The molecule has 4 aliphatic heterocycles. The summed E-state index contributed by atoms with van der Waals surface area (Å²) < 4.78 is 11.8. The number of piperidine rings is 1. The Kier molecular flexibility index (Phi) is 2.65. The van der Waals surface area contributed by atoms with E-state index in [2.05, 4.69) is 22.0 Å². The zero-order chi connectivity index (χ0) is 15.4. The first-order valence-electron chi connectivity index (χ1n) is 8.15. The van der Waals surface area contributed by atoms with Gasteiger partial charge in [-0.05, 0) is 18.6 Å². The van der Waals surface area contributed by atoms with Crippen molar-refractivity contribution >= 4 is 5.70 Å². The number of hydrogen-bond acceptors (Lipinski definition) is 5. The second kappa shape index (κ2) is 4.61. The second-order valence-corrected chi connectivity index (χ2v) is 6.69. The van der Waals surface area contributed by atoms with Crippen molar-refractivity contribution in [3.63, 3.8) is 0 Å². The number of nitrogens with zero attached hydrogens (tertiary/aromatic N) is 2. The van der Waals surface area contributed by atoms with Crippen molar-refractivity contribution in [3.05, 3.63) is 53.6 Å². The Labute approximate surface area is 134 Å². The van der Waals surface area contributed by atoms with E-state index in [1.165, 1.54) is 11.3 Å². The van der Waals surface area contributed by atoms with Crippen LogP contribution in [0.2, 0.25) is 0 Å². The normalized spacial score (nSPS) is 28.0. The lowest BCUT2D eigenvalue weighted by Crippen LogP contribution is -2.58. The third-order valence-corrected chi connectivity index (χ3v) is 5.33. The number of rotatable bonds is 2. The van der Waals surface area contributed by atoms with E-state index >= 15 is 0 Å². The Bertz CT molecular complexity index is 770. The predicted molar refractivity (Wildman–Crippen MR) is 85.6 cm³/mol. The molecule has 23 heavy (non-hydrogen) atoms. The first-order chi connectivity index (χ1) is 11.3.